The number of hydrogen-bond acceptors (Lipinski definition) is 3. The number of thiophene rings is 1. The van der Waals surface area contributed by atoms with Crippen molar-refractivity contribution in [1.29, 1.82) is 0 Å². The molecule has 2 rings (SSSR count). The highest BCUT2D eigenvalue weighted by molar-refractivity contribution is 7.20. The molecule has 66 valence electrons. The van der Waals surface area contributed by atoms with Crippen molar-refractivity contribution in [2.24, 2.45) is 5.73 Å². The van der Waals surface area contributed by atoms with E-state index in [9.17, 15) is 4.79 Å². The minimum Gasteiger partial charge on any atom is -0.365 e. The van der Waals surface area contributed by atoms with Crippen LogP contribution in [0.4, 0.5) is 0 Å². The van der Waals surface area contributed by atoms with Gasteiger partial charge in [0.2, 0.25) is 0 Å². The van der Waals surface area contributed by atoms with Crippen molar-refractivity contribution in [2.45, 2.75) is 0 Å². The summed E-state index contributed by atoms with van der Waals surface area (Å²) in [6, 6.07) is 3.47. The van der Waals surface area contributed by atoms with Gasteiger partial charge >= 0.3 is 0 Å². The molecule has 0 fully saturated rings. The van der Waals surface area contributed by atoms with Gasteiger partial charge in [-0.15, -0.1) is 11.3 Å². The Morgan fingerprint density at radius 2 is 2.38 bits per heavy atom. The average Bonchev–Trinajstić information content (AvgIpc) is 2.49. The summed E-state index contributed by atoms with van der Waals surface area (Å²) in [5.74, 6) is -0.433. The average molecular weight is 213 g/mol. The lowest BCUT2D eigenvalue weighted by atomic mass is 10.3. The molecule has 0 spiro atoms. The molecule has 2 aromatic rings. The highest BCUT2D eigenvalue weighted by Gasteiger charge is 2.08. The van der Waals surface area contributed by atoms with E-state index in [-0.39, 0.29) is 0 Å². The quantitative estimate of drug-likeness (QED) is 0.736. The summed E-state index contributed by atoms with van der Waals surface area (Å²) in [5.41, 5.74) is 5.14. The maximum absolute atomic E-state index is 10.9. The van der Waals surface area contributed by atoms with Gasteiger partial charge in [0.1, 0.15) is 5.15 Å². The number of halogens is 1. The summed E-state index contributed by atoms with van der Waals surface area (Å²) >= 11 is 7.14. The molecule has 0 unspecified atom stereocenters. The highest BCUT2D eigenvalue weighted by Crippen LogP contribution is 2.29. The summed E-state index contributed by atoms with van der Waals surface area (Å²) in [6.45, 7) is 0. The van der Waals surface area contributed by atoms with E-state index in [0.29, 0.717) is 10.0 Å². The van der Waals surface area contributed by atoms with Crippen molar-refractivity contribution in [3.8, 4) is 0 Å². The molecular formula is C8H5ClN2OS. The zero-order valence-corrected chi connectivity index (χ0v) is 8.02. The van der Waals surface area contributed by atoms with Crippen molar-refractivity contribution in [3.63, 3.8) is 0 Å². The molecule has 2 heterocycles. The van der Waals surface area contributed by atoms with Crippen LogP contribution in [0.3, 0.4) is 0 Å². The lowest BCUT2D eigenvalue weighted by Crippen LogP contribution is -2.07. The number of fused-ring (bicyclic) bond motifs is 1. The maximum Gasteiger partial charge on any atom is 0.258 e. The van der Waals surface area contributed by atoms with Crippen molar-refractivity contribution < 1.29 is 4.79 Å². The SMILES string of the molecule is NC(=O)c1cc2c(Cl)nccc2s1. The molecule has 13 heavy (non-hydrogen) atoms. The molecule has 0 saturated heterocycles. The first-order chi connectivity index (χ1) is 6.18. The molecule has 0 aromatic carbocycles. The van der Waals surface area contributed by atoms with E-state index in [4.69, 9.17) is 17.3 Å². The fourth-order valence-electron chi connectivity index (χ4n) is 1.05. The van der Waals surface area contributed by atoms with Crippen LogP contribution in [0.2, 0.25) is 5.15 Å². The Labute approximate surface area is 83.1 Å². The van der Waals surface area contributed by atoms with Gasteiger partial charge in [0.25, 0.3) is 5.91 Å². The van der Waals surface area contributed by atoms with Gasteiger partial charge in [-0.1, -0.05) is 11.6 Å². The van der Waals surface area contributed by atoms with Gasteiger partial charge in [0.05, 0.1) is 4.88 Å². The standard InChI is InChI=1S/C8H5ClN2OS/c9-7-4-3-6(8(10)12)13-5(4)1-2-11-7/h1-3H,(H2,10,12). The monoisotopic (exact) mass is 212 g/mol. The predicted molar refractivity (Wildman–Crippen MR) is 53.1 cm³/mol. The van der Waals surface area contributed by atoms with Crippen LogP contribution < -0.4 is 5.73 Å². The molecule has 0 radical (unpaired) electrons. The molecule has 0 aliphatic carbocycles. The number of aromatic nitrogens is 1. The molecule has 0 aliphatic heterocycles. The zero-order chi connectivity index (χ0) is 9.42. The Balaban J connectivity index is 2.75. The molecule has 3 nitrogen and oxygen atoms in total. The molecule has 0 saturated carbocycles. The number of primary amides is 1. The first-order valence-corrected chi connectivity index (χ1v) is 4.72. The van der Waals surface area contributed by atoms with Crippen molar-refractivity contribution >= 4 is 38.9 Å². The summed E-state index contributed by atoms with van der Waals surface area (Å²) in [5, 5.41) is 1.18. The van der Waals surface area contributed by atoms with E-state index in [1.807, 2.05) is 0 Å². The fraction of sp³-hybridized carbons (Fsp3) is 0. The van der Waals surface area contributed by atoms with E-state index in [2.05, 4.69) is 4.98 Å². The van der Waals surface area contributed by atoms with Gasteiger partial charge in [0.15, 0.2) is 0 Å². The third-order valence-corrected chi connectivity index (χ3v) is 3.06. The predicted octanol–water partition coefficient (Wildman–Crippen LogP) is 2.05. The fourth-order valence-corrected chi connectivity index (χ4v) is 2.23. The van der Waals surface area contributed by atoms with E-state index < -0.39 is 5.91 Å². The zero-order valence-electron chi connectivity index (χ0n) is 6.45. The van der Waals surface area contributed by atoms with Crippen molar-refractivity contribution in [1.82, 2.24) is 4.98 Å². The largest absolute Gasteiger partial charge is 0.365 e. The number of rotatable bonds is 1. The first kappa shape index (κ1) is 8.47. The van der Waals surface area contributed by atoms with Gasteiger partial charge in [-0.25, -0.2) is 4.98 Å². The third-order valence-electron chi connectivity index (χ3n) is 1.64. The Morgan fingerprint density at radius 3 is 3.00 bits per heavy atom. The Bertz CT molecular complexity index is 480. The summed E-state index contributed by atoms with van der Waals surface area (Å²) in [7, 11) is 0. The number of pyridine rings is 1. The second-order valence-electron chi connectivity index (χ2n) is 2.49. The van der Waals surface area contributed by atoms with E-state index in [0.717, 1.165) is 10.1 Å². The van der Waals surface area contributed by atoms with E-state index in [1.54, 1.807) is 18.3 Å². The second-order valence-corrected chi connectivity index (χ2v) is 3.93. The van der Waals surface area contributed by atoms with Gasteiger partial charge in [-0.05, 0) is 12.1 Å². The number of amides is 1. The normalized spacial score (nSPS) is 10.5. The van der Waals surface area contributed by atoms with Crippen LogP contribution >= 0.6 is 22.9 Å². The van der Waals surface area contributed by atoms with Gasteiger partial charge in [-0.3, -0.25) is 4.79 Å². The van der Waals surface area contributed by atoms with Crippen LogP contribution in [0.1, 0.15) is 9.67 Å². The van der Waals surface area contributed by atoms with E-state index >= 15 is 0 Å². The van der Waals surface area contributed by atoms with Crippen molar-refractivity contribution in [2.75, 3.05) is 0 Å². The van der Waals surface area contributed by atoms with Crippen LogP contribution in [0.5, 0.6) is 0 Å². The Hall–Kier alpha value is -1.13. The maximum atomic E-state index is 10.9. The van der Waals surface area contributed by atoms with Crippen LogP contribution in [0, 0.1) is 0 Å². The second kappa shape index (κ2) is 2.97. The molecule has 0 atom stereocenters. The number of hydrogen-bond donors (Lipinski definition) is 1. The first-order valence-electron chi connectivity index (χ1n) is 3.52. The summed E-state index contributed by atoms with van der Waals surface area (Å²) in [4.78, 5) is 15.3. The molecule has 0 bridgehead atoms. The number of nitrogens with two attached hydrogens (primary N) is 1. The van der Waals surface area contributed by atoms with Crippen LogP contribution in [0.25, 0.3) is 10.1 Å². The lowest BCUT2D eigenvalue weighted by molar-refractivity contribution is 0.100. The third kappa shape index (κ3) is 1.38. The number of carbonyl (C=O) groups is 1. The van der Waals surface area contributed by atoms with Crippen LogP contribution in [0.15, 0.2) is 18.3 Å². The molecule has 2 N–H and O–H groups in total. The minimum atomic E-state index is -0.433. The van der Waals surface area contributed by atoms with Crippen LogP contribution in [-0.2, 0) is 0 Å². The van der Waals surface area contributed by atoms with Crippen LogP contribution in [-0.4, -0.2) is 10.9 Å². The van der Waals surface area contributed by atoms with Gasteiger partial charge < -0.3 is 5.73 Å². The molecule has 0 aliphatic rings. The highest BCUT2D eigenvalue weighted by atomic mass is 35.5. The topological polar surface area (TPSA) is 56.0 Å². The minimum absolute atomic E-state index is 0.404. The molecular weight excluding hydrogens is 208 g/mol. The Morgan fingerprint density at radius 1 is 1.62 bits per heavy atom. The number of nitrogens with zero attached hydrogens (tertiary/aromatic N) is 1. The lowest BCUT2D eigenvalue weighted by Gasteiger charge is -1.88. The molecule has 5 heteroatoms. The van der Waals surface area contributed by atoms with E-state index in [1.165, 1.54) is 11.3 Å². The van der Waals surface area contributed by atoms with Crippen molar-refractivity contribution in [3.05, 3.63) is 28.4 Å². The van der Waals surface area contributed by atoms with Gasteiger partial charge in [-0.2, -0.15) is 0 Å². The summed E-state index contributed by atoms with van der Waals surface area (Å²) in [6.07, 6.45) is 1.60. The molecule has 2 aromatic heterocycles. The smallest absolute Gasteiger partial charge is 0.258 e. The number of carbonyl (C=O) groups excluding carboxylic acids is 1. The Kier molecular flexibility index (Phi) is 1.94. The van der Waals surface area contributed by atoms with Gasteiger partial charge in [0, 0.05) is 16.3 Å². The summed E-state index contributed by atoms with van der Waals surface area (Å²) < 4.78 is 0.925. The molecule has 1 amide bonds.